The molecule has 0 spiro atoms. The molecule has 0 saturated heterocycles. The lowest BCUT2D eigenvalue weighted by Crippen LogP contribution is -2.45. The molecule has 2 fully saturated rings. The Morgan fingerprint density at radius 3 is 2.37 bits per heavy atom. The van der Waals surface area contributed by atoms with Crippen molar-refractivity contribution in [3.05, 3.63) is 80.6 Å². The van der Waals surface area contributed by atoms with Crippen LogP contribution < -0.4 is 21.4 Å². The smallest absolute Gasteiger partial charge is 0.354 e. The Labute approximate surface area is 202 Å². The Kier molecular flexibility index (Phi) is 5.92. The molecule has 2 aromatic carbocycles. The lowest BCUT2D eigenvalue weighted by Gasteiger charge is -2.17. The highest BCUT2D eigenvalue weighted by atomic mass is 16.5. The van der Waals surface area contributed by atoms with Crippen LogP contribution in [0.5, 0.6) is 5.75 Å². The van der Waals surface area contributed by atoms with Crippen molar-refractivity contribution in [1.82, 2.24) is 14.1 Å². The van der Waals surface area contributed by atoms with Crippen molar-refractivity contribution in [1.29, 1.82) is 0 Å². The monoisotopic (exact) mass is 476 g/mol. The van der Waals surface area contributed by atoms with Gasteiger partial charge in [-0.15, -0.1) is 0 Å². The molecule has 182 valence electrons. The van der Waals surface area contributed by atoms with Crippen LogP contribution >= 0.6 is 0 Å². The number of carbonyl (C=O) groups is 1. The number of benzene rings is 2. The fraction of sp³-hybridized carbons (Fsp3) is 0.385. The number of hydrogen-bond acceptors (Lipinski definition) is 6. The molecular weight excluding hydrogens is 448 g/mol. The van der Waals surface area contributed by atoms with E-state index in [4.69, 9.17) is 4.74 Å². The second-order valence-corrected chi connectivity index (χ2v) is 9.65. The summed E-state index contributed by atoms with van der Waals surface area (Å²) >= 11 is 0. The molecule has 0 aliphatic heterocycles. The molecule has 35 heavy (non-hydrogen) atoms. The van der Waals surface area contributed by atoms with Crippen molar-refractivity contribution in [2.75, 3.05) is 11.9 Å². The summed E-state index contributed by atoms with van der Waals surface area (Å²) in [5.74, 6) is 0.505. The number of carboxylic acid groups (broad SMARTS) is 1. The molecule has 0 amide bonds. The van der Waals surface area contributed by atoms with E-state index >= 15 is 0 Å². The van der Waals surface area contributed by atoms with Crippen LogP contribution in [0.25, 0.3) is 0 Å². The average Bonchev–Trinajstić information content (AvgIpc) is 3.76. The number of aliphatic carboxylic acids is 1. The quantitative estimate of drug-likeness (QED) is 0.462. The highest BCUT2D eigenvalue weighted by Crippen LogP contribution is 2.46. The first-order valence-electron chi connectivity index (χ1n) is 11.8. The number of carboxylic acids is 1. The molecule has 2 aliphatic carbocycles. The minimum absolute atomic E-state index is 0.101. The molecule has 9 heteroatoms. The van der Waals surface area contributed by atoms with Crippen LogP contribution in [0.1, 0.15) is 36.8 Å². The van der Waals surface area contributed by atoms with Crippen LogP contribution in [-0.2, 0) is 17.9 Å². The van der Waals surface area contributed by atoms with Gasteiger partial charge >= 0.3 is 17.3 Å². The first-order valence-corrected chi connectivity index (χ1v) is 11.8. The van der Waals surface area contributed by atoms with Gasteiger partial charge in [-0.2, -0.15) is 4.98 Å². The molecule has 1 heterocycles. The van der Waals surface area contributed by atoms with E-state index in [9.17, 15) is 19.5 Å². The van der Waals surface area contributed by atoms with Crippen molar-refractivity contribution in [2.24, 2.45) is 11.3 Å². The van der Waals surface area contributed by atoms with E-state index in [2.05, 4.69) is 10.3 Å². The topological polar surface area (TPSA) is 115 Å². The maximum atomic E-state index is 13.4. The van der Waals surface area contributed by atoms with Gasteiger partial charge in [0.25, 0.3) is 0 Å². The summed E-state index contributed by atoms with van der Waals surface area (Å²) in [4.78, 5) is 42.1. The molecule has 0 radical (unpaired) electrons. The van der Waals surface area contributed by atoms with Gasteiger partial charge in [0.05, 0.1) is 18.6 Å². The summed E-state index contributed by atoms with van der Waals surface area (Å²) in [7, 11) is 0. The number of anilines is 2. The Hall–Kier alpha value is -3.88. The van der Waals surface area contributed by atoms with Crippen molar-refractivity contribution in [3.63, 3.8) is 0 Å². The molecule has 5 rings (SSSR count). The third kappa shape index (κ3) is 5.13. The van der Waals surface area contributed by atoms with Crippen LogP contribution in [0.4, 0.5) is 11.6 Å². The van der Waals surface area contributed by atoms with Gasteiger partial charge in [-0.1, -0.05) is 29.8 Å². The summed E-state index contributed by atoms with van der Waals surface area (Å²) in [5.41, 5.74) is 0.159. The summed E-state index contributed by atoms with van der Waals surface area (Å²) in [5, 5.41) is 12.6. The predicted molar refractivity (Wildman–Crippen MR) is 130 cm³/mol. The van der Waals surface area contributed by atoms with Gasteiger partial charge in [0, 0.05) is 12.2 Å². The standard InChI is InChI=1S/C26H28N4O5/c1-17-2-4-18(5-3-17)14-29-23(27-20-8-10-21(11-9-20)35-15-19-6-7-19)28-24(33)30(25(29)34)16-26(12-13-26)22(31)32/h2-5,8-11,19H,6-7,12-16H2,1H3,(H,31,32)(H,27,28,33). The predicted octanol–water partition coefficient (Wildman–Crippen LogP) is 3.16. The lowest BCUT2D eigenvalue weighted by molar-refractivity contribution is -0.143. The number of aryl methyl sites for hydroxylation is 1. The van der Waals surface area contributed by atoms with E-state index < -0.39 is 22.8 Å². The van der Waals surface area contributed by atoms with E-state index in [0.717, 1.165) is 21.4 Å². The van der Waals surface area contributed by atoms with Gasteiger partial charge in [-0.25, -0.2) is 14.2 Å². The van der Waals surface area contributed by atoms with Crippen molar-refractivity contribution in [2.45, 2.75) is 45.7 Å². The Morgan fingerprint density at radius 2 is 1.77 bits per heavy atom. The average molecular weight is 477 g/mol. The van der Waals surface area contributed by atoms with E-state index in [1.54, 1.807) is 12.1 Å². The third-order valence-corrected chi connectivity index (χ3v) is 6.67. The van der Waals surface area contributed by atoms with Crippen LogP contribution in [-0.4, -0.2) is 31.8 Å². The summed E-state index contributed by atoms with van der Waals surface area (Å²) in [6.07, 6.45) is 3.29. The zero-order valence-electron chi connectivity index (χ0n) is 19.6. The first-order chi connectivity index (χ1) is 16.8. The molecule has 3 aromatic rings. The van der Waals surface area contributed by atoms with Gasteiger partial charge in [0.15, 0.2) is 0 Å². The maximum Gasteiger partial charge on any atom is 0.354 e. The van der Waals surface area contributed by atoms with Gasteiger partial charge in [0.1, 0.15) is 5.75 Å². The molecule has 0 bridgehead atoms. The summed E-state index contributed by atoms with van der Waals surface area (Å²) in [6, 6.07) is 15.0. The summed E-state index contributed by atoms with van der Waals surface area (Å²) in [6.45, 7) is 2.68. The Bertz CT molecular complexity index is 1350. The number of rotatable bonds is 10. The molecule has 0 atom stereocenters. The van der Waals surface area contributed by atoms with Crippen molar-refractivity contribution < 1.29 is 14.6 Å². The lowest BCUT2D eigenvalue weighted by atomic mass is 10.1. The van der Waals surface area contributed by atoms with Crippen LogP contribution in [0.2, 0.25) is 0 Å². The maximum absolute atomic E-state index is 13.4. The third-order valence-electron chi connectivity index (χ3n) is 6.67. The molecule has 2 N–H and O–H groups in total. The minimum Gasteiger partial charge on any atom is -0.493 e. The first kappa shape index (κ1) is 22.9. The van der Waals surface area contributed by atoms with E-state index in [1.807, 2.05) is 43.3 Å². The fourth-order valence-electron chi connectivity index (χ4n) is 3.93. The molecule has 2 saturated carbocycles. The molecule has 0 unspecified atom stereocenters. The Balaban J connectivity index is 1.46. The van der Waals surface area contributed by atoms with E-state index in [0.29, 0.717) is 31.1 Å². The normalized spacial score (nSPS) is 16.0. The number of ether oxygens (including phenoxy) is 1. The highest BCUT2D eigenvalue weighted by Gasteiger charge is 2.51. The van der Waals surface area contributed by atoms with Crippen molar-refractivity contribution in [3.8, 4) is 5.75 Å². The second kappa shape index (κ2) is 9.05. The van der Waals surface area contributed by atoms with Gasteiger partial charge in [-0.05, 0) is 68.4 Å². The fourth-order valence-corrected chi connectivity index (χ4v) is 3.93. The van der Waals surface area contributed by atoms with E-state index in [-0.39, 0.29) is 19.0 Å². The zero-order chi connectivity index (χ0) is 24.6. The van der Waals surface area contributed by atoms with Crippen molar-refractivity contribution >= 4 is 17.6 Å². The van der Waals surface area contributed by atoms with Gasteiger partial charge in [-0.3, -0.25) is 9.36 Å². The second-order valence-electron chi connectivity index (χ2n) is 9.65. The highest BCUT2D eigenvalue weighted by molar-refractivity contribution is 5.77. The van der Waals surface area contributed by atoms with Gasteiger partial charge in [0.2, 0.25) is 5.95 Å². The number of hydrogen-bond donors (Lipinski definition) is 2. The number of aromatic nitrogens is 3. The summed E-state index contributed by atoms with van der Waals surface area (Å²) < 4.78 is 8.09. The molecular formula is C26H28N4O5. The Morgan fingerprint density at radius 1 is 1.09 bits per heavy atom. The largest absolute Gasteiger partial charge is 0.493 e. The van der Waals surface area contributed by atoms with Crippen LogP contribution in [0.3, 0.4) is 0 Å². The van der Waals surface area contributed by atoms with Crippen LogP contribution in [0, 0.1) is 18.3 Å². The molecule has 9 nitrogen and oxygen atoms in total. The zero-order valence-corrected chi connectivity index (χ0v) is 19.6. The number of nitrogens with one attached hydrogen (secondary N) is 1. The number of nitrogens with zero attached hydrogens (tertiary/aromatic N) is 3. The minimum atomic E-state index is -1.07. The molecule has 1 aromatic heterocycles. The SMILES string of the molecule is Cc1ccc(Cn2c(Nc3ccc(OCC4CC4)cc3)nc(=O)n(CC3(C(=O)O)CC3)c2=O)cc1. The molecule has 2 aliphatic rings. The van der Waals surface area contributed by atoms with Crippen LogP contribution in [0.15, 0.2) is 58.1 Å². The van der Waals surface area contributed by atoms with Gasteiger partial charge < -0.3 is 15.2 Å². The van der Waals surface area contributed by atoms with E-state index in [1.165, 1.54) is 17.4 Å².